The highest BCUT2D eigenvalue weighted by atomic mass is 16.1. The highest BCUT2D eigenvalue weighted by molar-refractivity contribution is 5.97. The van der Waals surface area contributed by atoms with Crippen molar-refractivity contribution < 1.29 is 4.79 Å². The zero-order valence-electron chi connectivity index (χ0n) is 8.81. The van der Waals surface area contributed by atoms with Crippen molar-refractivity contribution >= 4 is 5.78 Å². The van der Waals surface area contributed by atoms with Gasteiger partial charge in [-0.1, -0.05) is 20.8 Å². The standard InChI is InChI=1S/C12H18O/c1-10(2)8-4-5-11(10,3)9(13)12(8)6-7-12/h8H,4-7H2,1-3H3. The second-order valence-electron chi connectivity index (χ2n) is 6.13. The summed E-state index contributed by atoms with van der Waals surface area (Å²) in [4.78, 5) is 12.3. The molecule has 3 aliphatic carbocycles. The van der Waals surface area contributed by atoms with Crippen LogP contribution in [0.3, 0.4) is 0 Å². The molecule has 2 unspecified atom stereocenters. The smallest absolute Gasteiger partial charge is 0.145 e. The monoisotopic (exact) mass is 178 g/mol. The van der Waals surface area contributed by atoms with Crippen LogP contribution in [0.25, 0.3) is 0 Å². The molecule has 2 atom stereocenters. The van der Waals surface area contributed by atoms with Crippen molar-refractivity contribution in [1.82, 2.24) is 0 Å². The van der Waals surface area contributed by atoms with Crippen LogP contribution in [0.2, 0.25) is 0 Å². The van der Waals surface area contributed by atoms with Gasteiger partial charge in [0.05, 0.1) is 0 Å². The minimum atomic E-state index is 0.0220. The third-order valence-electron chi connectivity index (χ3n) is 5.64. The quantitative estimate of drug-likeness (QED) is 0.557. The van der Waals surface area contributed by atoms with E-state index in [0.717, 1.165) is 6.42 Å². The van der Waals surface area contributed by atoms with Crippen LogP contribution in [-0.2, 0) is 4.79 Å². The fourth-order valence-corrected chi connectivity index (χ4v) is 4.29. The summed E-state index contributed by atoms with van der Waals surface area (Å²) in [6.45, 7) is 6.84. The van der Waals surface area contributed by atoms with Gasteiger partial charge in [0.15, 0.2) is 0 Å². The lowest BCUT2D eigenvalue weighted by molar-refractivity contribution is -0.132. The summed E-state index contributed by atoms with van der Waals surface area (Å²) >= 11 is 0. The van der Waals surface area contributed by atoms with E-state index in [1.54, 1.807) is 0 Å². The fraction of sp³-hybridized carbons (Fsp3) is 0.917. The minimum absolute atomic E-state index is 0.0220. The zero-order valence-corrected chi connectivity index (χ0v) is 8.81. The number of fused-ring (bicyclic) bond motifs is 3. The number of hydrogen-bond donors (Lipinski definition) is 0. The molecule has 0 aromatic heterocycles. The Hall–Kier alpha value is -0.330. The average Bonchev–Trinajstić information content (AvgIpc) is 2.76. The third-order valence-corrected chi connectivity index (χ3v) is 5.64. The number of Topliss-reactive ketones (excluding diaryl/α,β-unsaturated/α-hetero) is 1. The van der Waals surface area contributed by atoms with Crippen molar-refractivity contribution in [2.24, 2.45) is 22.2 Å². The van der Waals surface area contributed by atoms with Crippen LogP contribution < -0.4 is 0 Å². The summed E-state index contributed by atoms with van der Waals surface area (Å²) in [5.41, 5.74) is 0.477. The van der Waals surface area contributed by atoms with E-state index in [0.29, 0.717) is 11.7 Å². The molecule has 2 bridgehead atoms. The Morgan fingerprint density at radius 2 is 1.77 bits per heavy atom. The van der Waals surface area contributed by atoms with Crippen LogP contribution in [0, 0.1) is 22.2 Å². The Labute approximate surface area is 79.9 Å². The minimum Gasteiger partial charge on any atom is -0.298 e. The molecule has 3 rings (SSSR count). The van der Waals surface area contributed by atoms with Crippen LogP contribution in [-0.4, -0.2) is 5.78 Å². The molecule has 3 saturated carbocycles. The van der Waals surface area contributed by atoms with Crippen molar-refractivity contribution in [3.8, 4) is 0 Å². The van der Waals surface area contributed by atoms with Gasteiger partial charge in [-0.2, -0.15) is 0 Å². The van der Waals surface area contributed by atoms with Crippen LogP contribution in [0.4, 0.5) is 0 Å². The van der Waals surface area contributed by atoms with Crippen LogP contribution >= 0.6 is 0 Å². The largest absolute Gasteiger partial charge is 0.298 e. The van der Waals surface area contributed by atoms with E-state index in [9.17, 15) is 4.79 Å². The molecule has 0 aliphatic heterocycles. The number of ketones is 1. The predicted octanol–water partition coefficient (Wildman–Crippen LogP) is 2.79. The molecular weight excluding hydrogens is 160 g/mol. The van der Waals surface area contributed by atoms with Gasteiger partial charge in [-0.05, 0) is 37.0 Å². The lowest BCUT2D eigenvalue weighted by Crippen LogP contribution is -2.33. The lowest BCUT2D eigenvalue weighted by Gasteiger charge is -2.32. The second-order valence-corrected chi connectivity index (χ2v) is 6.13. The molecule has 0 heterocycles. The first-order valence-electron chi connectivity index (χ1n) is 5.50. The van der Waals surface area contributed by atoms with Crippen molar-refractivity contribution in [3.63, 3.8) is 0 Å². The molecule has 0 aromatic rings. The zero-order chi connectivity index (χ0) is 9.48. The van der Waals surface area contributed by atoms with Gasteiger partial charge < -0.3 is 0 Å². The van der Waals surface area contributed by atoms with Gasteiger partial charge in [0.2, 0.25) is 0 Å². The number of hydrogen-bond acceptors (Lipinski definition) is 1. The molecule has 1 spiro atoms. The summed E-state index contributed by atoms with van der Waals surface area (Å²) in [7, 11) is 0. The summed E-state index contributed by atoms with van der Waals surface area (Å²) in [6, 6.07) is 0. The summed E-state index contributed by atoms with van der Waals surface area (Å²) < 4.78 is 0. The molecule has 1 heteroatoms. The van der Waals surface area contributed by atoms with Gasteiger partial charge >= 0.3 is 0 Å². The van der Waals surface area contributed by atoms with Gasteiger partial charge in [0.1, 0.15) is 5.78 Å². The van der Waals surface area contributed by atoms with Gasteiger partial charge in [-0.3, -0.25) is 4.79 Å². The van der Waals surface area contributed by atoms with E-state index in [4.69, 9.17) is 0 Å². The van der Waals surface area contributed by atoms with Crippen molar-refractivity contribution in [3.05, 3.63) is 0 Å². The van der Waals surface area contributed by atoms with Crippen LogP contribution in [0.15, 0.2) is 0 Å². The highest BCUT2D eigenvalue weighted by Gasteiger charge is 2.76. The molecular formula is C12H18O. The van der Waals surface area contributed by atoms with E-state index >= 15 is 0 Å². The first-order chi connectivity index (χ1) is 5.95. The molecule has 3 fully saturated rings. The Balaban J connectivity index is 2.19. The summed E-state index contributed by atoms with van der Waals surface area (Å²) in [6.07, 6.45) is 4.82. The maximum atomic E-state index is 12.3. The number of carbonyl (C=O) groups excluding carboxylic acids is 1. The molecule has 0 aromatic carbocycles. The number of carbonyl (C=O) groups is 1. The molecule has 0 amide bonds. The highest BCUT2D eigenvalue weighted by Crippen LogP contribution is 2.77. The topological polar surface area (TPSA) is 17.1 Å². The van der Waals surface area contributed by atoms with E-state index < -0.39 is 0 Å². The van der Waals surface area contributed by atoms with E-state index in [1.807, 2.05) is 0 Å². The van der Waals surface area contributed by atoms with Crippen molar-refractivity contribution in [2.45, 2.75) is 46.5 Å². The molecule has 0 radical (unpaired) electrons. The van der Waals surface area contributed by atoms with Crippen LogP contribution in [0.5, 0.6) is 0 Å². The van der Waals surface area contributed by atoms with Gasteiger partial charge in [0.25, 0.3) is 0 Å². The second kappa shape index (κ2) is 1.74. The summed E-state index contributed by atoms with van der Waals surface area (Å²) in [5.74, 6) is 1.32. The van der Waals surface area contributed by atoms with Crippen LogP contribution in [0.1, 0.15) is 46.5 Å². The Bertz CT molecular complexity index is 298. The summed E-state index contributed by atoms with van der Waals surface area (Å²) in [5, 5.41) is 0. The number of rotatable bonds is 0. The molecule has 72 valence electrons. The molecule has 13 heavy (non-hydrogen) atoms. The van der Waals surface area contributed by atoms with E-state index in [1.165, 1.54) is 19.3 Å². The maximum absolute atomic E-state index is 12.3. The molecule has 0 N–H and O–H groups in total. The molecule has 1 nitrogen and oxygen atoms in total. The van der Waals surface area contributed by atoms with Gasteiger partial charge in [0, 0.05) is 10.8 Å². The van der Waals surface area contributed by atoms with Gasteiger partial charge in [-0.15, -0.1) is 0 Å². The Kier molecular flexibility index (Phi) is 1.07. The maximum Gasteiger partial charge on any atom is 0.145 e. The predicted molar refractivity (Wildman–Crippen MR) is 51.3 cm³/mol. The molecule has 3 aliphatic rings. The third kappa shape index (κ3) is 0.572. The fourth-order valence-electron chi connectivity index (χ4n) is 4.29. The average molecular weight is 178 g/mol. The van der Waals surface area contributed by atoms with Crippen molar-refractivity contribution in [1.29, 1.82) is 0 Å². The van der Waals surface area contributed by atoms with Crippen molar-refractivity contribution in [2.75, 3.05) is 0 Å². The normalized spacial score (nSPS) is 48.8. The van der Waals surface area contributed by atoms with E-state index in [-0.39, 0.29) is 16.2 Å². The lowest BCUT2D eigenvalue weighted by atomic mass is 9.70. The Morgan fingerprint density at radius 1 is 1.15 bits per heavy atom. The Morgan fingerprint density at radius 3 is 2.08 bits per heavy atom. The SMILES string of the molecule is CC12CCC(C3(CC3)C1=O)C2(C)C. The molecule has 0 saturated heterocycles. The van der Waals surface area contributed by atoms with E-state index in [2.05, 4.69) is 20.8 Å². The van der Waals surface area contributed by atoms with Gasteiger partial charge in [-0.25, -0.2) is 0 Å². The first-order valence-corrected chi connectivity index (χ1v) is 5.50. The first kappa shape index (κ1) is 8.02.